The van der Waals surface area contributed by atoms with Gasteiger partial charge < -0.3 is 29.2 Å². The van der Waals surface area contributed by atoms with Crippen molar-refractivity contribution in [2.45, 2.75) is 0 Å². The second kappa shape index (κ2) is 22.6. The average Bonchev–Trinajstić information content (AvgIpc) is 0.823. The Morgan fingerprint density at radius 2 is 0.770 bits per heavy atom. The number of benzene rings is 15. The van der Waals surface area contributed by atoms with Gasteiger partial charge in [0.1, 0.15) is 11.5 Å². The largest absolute Gasteiger partial charge is 0.458 e. The maximum atomic E-state index is 7.51. The lowest BCUT2D eigenvalue weighted by Crippen LogP contribution is -2.64. The molecular weight excluding hydrogens is 1250 g/mol. The Balaban J connectivity index is 0.883. The van der Waals surface area contributed by atoms with E-state index in [1.54, 1.807) is 0 Å². The number of ether oxygens (including phenoxy) is 1. The molecule has 21 rings (SSSR count). The van der Waals surface area contributed by atoms with Crippen LogP contribution in [0.5, 0.6) is 11.5 Å². The van der Waals surface area contributed by atoms with Crippen LogP contribution >= 0.6 is 22.7 Å². The number of thiophene rings is 2. The van der Waals surface area contributed by atoms with Crippen LogP contribution in [-0.4, -0.2) is 13.4 Å². The topological polar surface area (TPSA) is 25.4 Å². The molecule has 0 saturated carbocycles. The predicted molar refractivity (Wildman–Crippen MR) is 427 cm³/mol. The normalized spacial score (nSPS) is 13.0. The zero-order valence-electron chi connectivity index (χ0n) is 54.0. The van der Waals surface area contributed by atoms with Crippen LogP contribution in [0.2, 0.25) is 0 Å². The van der Waals surface area contributed by atoms with E-state index in [4.69, 9.17) is 4.74 Å². The summed E-state index contributed by atoms with van der Waals surface area (Å²) >= 11 is 3.72. The fourth-order valence-electron chi connectivity index (χ4n) is 16.7. The van der Waals surface area contributed by atoms with E-state index >= 15 is 0 Å². The van der Waals surface area contributed by atoms with E-state index in [-0.39, 0.29) is 13.4 Å². The Hall–Kier alpha value is -12.3. The minimum absolute atomic E-state index is 0.202. The third-order valence-corrected chi connectivity index (χ3v) is 23.1. The first-order valence-corrected chi connectivity index (χ1v) is 35.8. The quantitative estimate of drug-likeness (QED) is 0.127. The fourth-order valence-corrected chi connectivity index (χ4v) is 19.1. The van der Waals surface area contributed by atoms with Gasteiger partial charge in [0.15, 0.2) is 0 Å². The van der Waals surface area contributed by atoms with Crippen molar-refractivity contribution >= 4 is 195 Å². The lowest BCUT2D eigenvalue weighted by atomic mass is 9.30. The first-order valence-electron chi connectivity index (χ1n) is 34.2. The van der Waals surface area contributed by atoms with E-state index in [1.807, 2.05) is 22.7 Å². The summed E-state index contributed by atoms with van der Waals surface area (Å²) < 4.78 is 12.5. The van der Waals surface area contributed by atoms with Gasteiger partial charge in [-0.25, -0.2) is 0 Å². The Morgan fingerprint density at radius 3 is 1.49 bits per heavy atom. The number of hydrogen-bond acceptors (Lipinski definition) is 8. The van der Waals surface area contributed by atoms with Gasteiger partial charge in [0, 0.05) is 104 Å². The molecule has 0 unspecified atom stereocenters. The number of para-hydroxylation sites is 7. The van der Waals surface area contributed by atoms with Crippen molar-refractivity contribution in [3.63, 3.8) is 0 Å². The highest BCUT2D eigenvalue weighted by atomic mass is 32.1. The van der Waals surface area contributed by atoms with E-state index in [2.05, 4.69) is 370 Å². The molecule has 4 aliphatic rings. The molecule has 0 saturated heterocycles. The minimum atomic E-state index is -0.232. The summed E-state index contributed by atoms with van der Waals surface area (Å²) in [7, 11) is 0. The van der Waals surface area contributed by atoms with Crippen LogP contribution in [-0.2, 0) is 0 Å². The van der Waals surface area contributed by atoms with Crippen molar-refractivity contribution in [2.24, 2.45) is 0 Å². The Bertz CT molecular complexity index is 6150. The maximum absolute atomic E-state index is 7.51. The lowest BCUT2D eigenvalue weighted by molar-refractivity contribution is 0.487. The van der Waals surface area contributed by atoms with Crippen LogP contribution in [0.1, 0.15) is 0 Å². The van der Waals surface area contributed by atoms with Gasteiger partial charge in [-0.15, -0.1) is 22.7 Å². The molecule has 10 heteroatoms. The average molecular weight is 1310 g/mol. The number of fused-ring (bicyclic) bond motifs is 14. The predicted octanol–water partition coefficient (Wildman–Crippen LogP) is 21.5. The summed E-state index contributed by atoms with van der Waals surface area (Å²) in [6.07, 6.45) is 0. The highest BCUT2D eigenvalue weighted by Gasteiger charge is 2.49. The van der Waals surface area contributed by atoms with E-state index in [9.17, 15) is 0 Å². The van der Waals surface area contributed by atoms with E-state index in [0.29, 0.717) is 0 Å². The zero-order chi connectivity index (χ0) is 65.5. The SMILES string of the molecule is c1ccc(-c2ccccc2N(c2ccccc2)c2cc3c4c(c2)N(c2cccc5sc6ccccc6c25)c2cc5c(cc2B4c2ccccc2O3)B2c3ccccc3N(c3ccccc3)c3cc(N(c4ccccc4)c4cccc6c4sc4ccccc46)cc(c32)N5c2ccccc2)cc1. The third kappa shape index (κ3) is 8.64. The van der Waals surface area contributed by atoms with Gasteiger partial charge in [-0.2, -0.15) is 0 Å². The summed E-state index contributed by atoms with van der Waals surface area (Å²) in [5, 5.41) is 4.95. The third-order valence-electron chi connectivity index (χ3n) is 20.8. The van der Waals surface area contributed by atoms with Crippen LogP contribution in [0.4, 0.5) is 85.3 Å². The van der Waals surface area contributed by atoms with Crippen molar-refractivity contribution in [3.05, 3.63) is 346 Å². The molecule has 466 valence electrons. The van der Waals surface area contributed by atoms with Crippen molar-refractivity contribution in [2.75, 3.05) is 24.5 Å². The fraction of sp³-hybridized carbons (Fsp3) is 0. The standard InChI is InChI=1S/C90H57B2N5OS2/c1-6-28-58(29-7-1)65-38-16-21-44-73(65)93(59-30-8-2-9-31-59)64-54-81-89-83(55-64)98-82-48-23-20-43-70(82)92(89)72-56-71-77(57-78(72)97(81)75-46-27-51-86-87(75)68-40-18-25-50-85(68)99-86)96(62-36-14-5-15-37-62)80-53-63(52-79-88(80)91(71)69-42-19-22-45-74(69)95(79)61-34-12-4-13-35-61)94(60-32-10-3-11-33-60)76-47-26-41-67-66-39-17-24-49-84(66)100-90(67)76/h1-57H. The molecule has 0 spiro atoms. The van der Waals surface area contributed by atoms with Crippen molar-refractivity contribution < 1.29 is 4.74 Å². The van der Waals surface area contributed by atoms with Gasteiger partial charge in [-0.3, -0.25) is 0 Å². The second-order valence-corrected chi connectivity index (χ2v) is 28.3. The monoisotopic (exact) mass is 1310 g/mol. The molecule has 6 heterocycles. The second-order valence-electron chi connectivity index (χ2n) is 26.2. The number of hydrogen-bond donors (Lipinski definition) is 0. The van der Waals surface area contributed by atoms with Crippen molar-refractivity contribution in [1.82, 2.24) is 0 Å². The number of anilines is 15. The van der Waals surface area contributed by atoms with Gasteiger partial charge in [0.05, 0.1) is 33.1 Å². The molecule has 17 aromatic rings. The molecule has 6 nitrogen and oxygen atoms in total. The van der Waals surface area contributed by atoms with Crippen molar-refractivity contribution in [1.29, 1.82) is 0 Å². The zero-order valence-corrected chi connectivity index (χ0v) is 55.7. The molecule has 0 bridgehead atoms. The summed E-state index contributed by atoms with van der Waals surface area (Å²) in [6.45, 7) is -0.434. The van der Waals surface area contributed by atoms with Gasteiger partial charge in [-0.05, 0) is 160 Å². The molecule has 2 aromatic heterocycles. The molecule has 100 heavy (non-hydrogen) atoms. The Kier molecular flexibility index (Phi) is 12.9. The van der Waals surface area contributed by atoms with Crippen LogP contribution in [0, 0.1) is 0 Å². The Morgan fingerprint density at radius 1 is 0.280 bits per heavy atom. The summed E-state index contributed by atoms with van der Waals surface area (Å²) in [5.41, 5.74) is 25.7. The summed E-state index contributed by atoms with van der Waals surface area (Å²) in [6, 6.07) is 128. The summed E-state index contributed by atoms with van der Waals surface area (Å²) in [4.78, 5) is 12.7. The molecular formula is C90H57B2N5OS2. The maximum Gasteiger partial charge on any atom is 0.256 e. The van der Waals surface area contributed by atoms with Crippen LogP contribution < -0.4 is 62.0 Å². The van der Waals surface area contributed by atoms with E-state index < -0.39 is 0 Å². The smallest absolute Gasteiger partial charge is 0.256 e. The first-order chi connectivity index (χ1) is 49.6. The van der Waals surface area contributed by atoms with Gasteiger partial charge in [0.25, 0.3) is 13.4 Å². The lowest BCUT2D eigenvalue weighted by Gasteiger charge is -2.47. The Labute approximate surface area is 588 Å². The number of rotatable bonds is 10. The summed E-state index contributed by atoms with van der Waals surface area (Å²) in [5.74, 6) is 1.68. The van der Waals surface area contributed by atoms with Crippen LogP contribution in [0.3, 0.4) is 0 Å². The molecule has 0 N–H and O–H groups in total. The first kappa shape index (κ1) is 56.8. The molecule has 15 aromatic carbocycles. The van der Waals surface area contributed by atoms with Crippen LogP contribution in [0.25, 0.3) is 51.5 Å². The number of nitrogens with zero attached hydrogens (tertiary/aromatic N) is 5. The van der Waals surface area contributed by atoms with E-state index in [0.717, 1.165) is 119 Å². The molecule has 0 fully saturated rings. The molecule has 0 aliphatic carbocycles. The van der Waals surface area contributed by atoms with Gasteiger partial charge in [-0.1, -0.05) is 218 Å². The van der Waals surface area contributed by atoms with Crippen LogP contribution in [0.15, 0.2) is 346 Å². The molecule has 0 amide bonds. The van der Waals surface area contributed by atoms with Crippen molar-refractivity contribution in [3.8, 4) is 22.6 Å². The van der Waals surface area contributed by atoms with E-state index in [1.165, 1.54) is 62.2 Å². The highest BCUT2D eigenvalue weighted by Crippen LogP contribution is 2.55. The minimum Gasteiger partial charge on any atom is -0.458 e. The molecule has 0 radical (unpaired) electrons. The highest BCUT2D eigenvalue weighted by molar-refractivity contribution is 7.26. The molecule has 0 atom stereocenters. The molecule has 4 aliphatic heterocycles. The van der Waals surface area contributed by atoms with Gasteiger partial charge in [0.2, 0.25) is 0 Å². The van der Waals surface area contributed by atoms with Gasteiger partial charge >= 0.3 is 0 Å².